The Balaban J connectivity index is 1.92. The zero-order valence-corrected chi connectivity index (χ0v) is 14.3. The molecule has 2 aromatic rings. The molecule has 1 N–H and O–H groups in total. The minimum atomic E-state index is -5.62. The smallest absolute Gasteiger partial charge is 0.422 e. The van der Waals surface area contributed by atoms with Crippen molar-refractivity contribution in [3.8, 4) is 11.5 Å². The van der Waals surface area contributed by atoms with Crippen molar-refractivity contribution >= 4 is 27.8 Å². The first-order valence-corrected chi connectivity index (χ1v) is 7.72. The van der Waals surface area contributed by atoms with Crippen LogP contribution in [0.3, 0.4) is 0 Å². The summed E-state index contributed by atoms with van der Waals surface area (Å²) in [6.07, 6.45) is -4.62. The first-order chi connectivity index (χ1) is 12.6. The van der Waals surface area contributed by atoms with Crippen LogP contribution in [0.1, 0.15) is 11.1 Å². The van der Waals surface area contributed by atoms with Crippen LogP contribution < -0.4 is 14.9 Å². The second-order valence-electron chi connectivity index (χ2n) is 5.10. The Morgan fingerprint density at radius 2 is 1.52 bits per heavy atom. The van der Waals surface area contributed by atoms with Gasteiger partial charge in [-0.25, -0.2) is 17.6 Å². The van der Waals surface area contributed by atoms with E-state index in [2.05, 4.69) is 21.0 Å². The maximum absolute atomic E-state index is 13.8. The summed E-state index contributed by atoms with van der Waals surface area (Å²) in [4.78, 5) is 0. The van der Waals surface area contributed by atoms with Crippen molar-refractivity contribution in [2.45, 2.75) is 6.18 Å². The lowest BCUT2D eigenvalue weighted by molar-refractivity contribution is -0.143. The average molecular weight is 459 g/mol. The van der Waals surface area contributed by atoms with Crippen LogP contribution in [0.15, 0.2) is 21.7 Å². The Bertz CT molecular complexity index is 918. The molecule has 0 radical (unpaired) electrons. The fraction of sp³-hybridized carbons (Fsp3) is 0.133. The monoisotopic (exact) mass is 458 g/mol. The van der Waals surface area contributed by atoms with Gasteiger partial charge in [0.15, 0.2) is 34.8 Å². The van der Waals surface area contributed by atoms with Gasteiger partial charge in [-0.15, -0.1) is 0 Å². The van der Waals surface area contributed by atoms with Crippen LogP contribution in [0, 0.1) is 23.3 Å². The second kappa shape index (κ2) is 6.91. The molecule has 0 atom stereocenters. The highest BCUT2D eigenvalue weighted by Crippen LogP contribution is 2.39. The van der Waals surface area contributed by atoms with Crippen molar-refractivity contribution in [3.05, 3.63) is 51.0 Å². The summed E-state index contributed by atoms with van der Waals surface area (Å²) in [5, 5.41) is 3.40. The van der Waals surface area contributed by atoms with Crippen LogP contribution >= 0.6 is 15.9 Å². The van der Waals surface area contributed by atoms with Gasteiger partial charge >= 0.3 is 6.18 Å². The number of rotatable bonds is 3. The van der Waals surface area contributed by atoms with Gasteiger partial charge in [-0.2, -0.15) is 18.3 Å². The summed E-state index contributed by atoms with van der Waals surface area (Å²) in [6.45, 7) is -0.0127. The van der Waals surface area contributed by atoms with Gasteiger partial charge < -0.3 is 9.47 Å². The molecule has 0 amide bonds. The molecule has 0 bridgehead atoms. The second-order valence-corrected chi connectivity index (χ2v) is 5.96. The number of benzene rings is 2. The Morgan fingerprint density at radius 3 is 2.07 bits per heavy atom. The van der Waals surface area contributed by atoms with E-state index >= 15 is 0 Å². The number of ether oxygens (including phenoxy) is 2. The van der Waals surface area contributed by atoms with Crippen LogP contribution in [0.2, 0.25) is 0 Å². The van der Waals surface area contributed by atoms with E-state index in [1.165, 1.54) is 12.1 Å². The first kappa shape index (κ1) is 19.3. The highest BCUT2D eigenvalue weighted by atomic mass is 79.9. The zero-order chi connectivity index (χ0) is 19.9. The van der Waals surface area contributed by atoms with E-state index in [1.54, 1.807) is 5.43 Å². The molecular formula is C15H6BrF7N2O2. The number of hydrogen-bond acceptors (Lipinski definition) is 4. The number of nitrogens with one attached hydrogen (secondary N) is 1. The van der Waals surface area contributed by atoms with Crippen LogP contribution in [-0.4, -0.2) is 13.0 Å². The minimum Gasteiger partial charge on any atom is -0.454 e. The van der Waals surface area contributed by atoms with E-state index in [0.717, 1.165) is 6.21 Å². The summed E-state index contributed by atoms with van der Waals surface area (Å²) >= 11 is 3.17. The van der Waals surface area contributed by atoms with Crippen molar-refractivity contribution in [1.29, 1.82) is 0 Å². The van der Waals surface area contributed by atoms with E-state index in [-0.39, 0.29) is 6.79 Å². The molecular weight excluding hydrogens is 453 g/mol. The largest absolute Gasteiger partial charge is 0.454 e. The lowest BCUT2D eigenvalue weighted by atomic mass is 10.1. The molecule has 1 aliphatic rings. The third-order valence-corrected chi connectivity index (χ3v) is 4.11. The van der Waals surface area contributed by atoms with Gasteiger partial charge in [0.2, 0.25) is 6.79 Å². The summed E-state index contributed by atoms with van der Waals surface area (Å²) in [6, 6.07) is 2.96. The van der Waals surface area contributed by atoms with Crippen LogP contribution in [0.25, 0.3) is 0 Å². The maximum Gasteiger partial charge on any atom is 0.422 e. The van der Waals surface area contributed by atoms with Gasteiger partial charge in [0.05, 0.1) is 6.21 Å². The van der Waals surface area contributed by atoms with E-state index < -0.39 is 40.7 Å². The Morgan fingerprint density at radius 1 is 0.963 bits per heavy atom. The highest BCUT2D eigenvalue weighted by molar-refractivity contribution is 9.10. The number of alkyl halides is 3. The molecule has 0 spiro atoms. The maximum atomic E-state index is 13.8. The summed E-state index contributed by atoms with van der Waals surface area (Å²) in [5.41, 5.74) is -2.19. The fourth-order valence-electron chi connectivity index (χ4n) is 2.18. The number of hydrogen-bond donors (Lipinski definition) is 1. The van der Waals surface area contributed by atoms with Crippen LogP contribution in [0.4, 0.5) is 36.4 Å². The molecule has 0 unspecified atom stereocenters. The molecule has 0 fully saturated rings. The van der Waals surface area contributed by atoms with Gasteiger partial charge in [0.1, 0.15) is 11.3 Å². The topological polar surface area (TPSA) is 42.9 Å². The van der Waals surface area contributed by atoms with E-state index in [1.807, 2.05) is 0 Å². The lowest BCUT2D eigenvalue weighted by Gasteiger charge is -2.13. The molecule has 0 saturated carbocycles. The van der Waals surface area contributed by atoms with Crippen molar-refractivity contribution in [3.63, 3.8) is 0 Å². The number of anilines is 1. The Hall–Kier alpha value is -2.50. The molecule has 0 aromatic heterocycles. The van der Waals surface area contributed by atoms with Crippen LogP contribution in [0.5, 0.6) is 11.5 Å². The number of halogens is 8. The van der Waals surface area contributed by atoms with E-state index in [9.17, 15) is 30.7 Å². The Labute approximate surface area is 154 Å². The van der Waals surface area contributed by atoms with Crippen molar-refractivity contribution in [2.75, 3.05) is 12.2 Å². The molecule has 1 aliphatic heterocycles. The predicted molar refractivity (Wildman–Crippen MR) is 82.8 cm³/mol. The van der Waals surface area contributed by atoms with Gasteiger partial charge in [0, 0.05) is 10.0 Å². The average Bonchev–Trinajstić information content (AvgIpc) is 3.02. The molecule has 144 valence electrons. The first-order valence-electron chi connectivity index (χ1n) is 6.92. The van der Waals surface area contributed by atoms with Gasteiger partial charge in [-0.3, -0.25) is 5.43 Å². The van der Waals surface area contributed by atoms with Crippen molar-refractivity contribution in [2.24, 2.45) is 5.10 Å². The predicted octanol–water partition coefficient (Wildman–Crippen LogP) is 5.20. The van der Waals surface area contributed by atoms with Gasteiger partial charge in [-0.1, -0.05) is 0 Å². The molecule has 0 saturated heterocycles. The molecule has 12 heteroatoms. The molecule has 2 aromatic carbocycles. The molecule has 27 heavy (non-hydrogen) atoms. The quantitative estimate of drug-likeness (QED) is 0.297. The Kier molecular flexibility index (Phi) is 4.93. The summed E-state index contributed by atoms with van der Waals surface area (Å²) in [5.74, 6) is -8.91. The van der Waals surface area contributed by atoms with Gasteiger partial charge in [0.25, 0.3) is 0 Å². The molecule has 0 aliphatic carbocycles. The standard InChI is InChI=1S/C15H6BrF7N2O2/c16-6-2-8-7(26-4-27-8)1-5(6)3-24-25-14-12(19)10(17)9(15(21,22)23)11(18)13(14)20/h1-3,25H,4H2/b24-3-. The summed E-state index contributed by atoms with van der Waals surface area (Å²) < 4.78 is 103. The fourth-order valence-corrected chi connectivity index (χ4v) is 2.60. The zero-order valence-electron chi connectivity index (χ0n) is 12.7. The molecule has 4 nitrogen and oxygen atoms in total. The van der Waals surface area contributed by atoms with E-state index in [4.69, 9.17) is 9.47 Å². The lowest BCUT2D eigenvalue weighted by Crippen LogP contribution is -2.16. The molecule has 3 rings (SSSR count). The third kappa shape index (κ3) is 3.53. The van der Waals surface area contributed by atoms with Crippen molar-refractivity contribution < 1.29 is 40.2 Å². The minimum absolute atomic E-state index is 0.0127. The van der Waals surface area contributed by atoms with Crippen LogP contribution in [-0.2, 0) is 6.18 Å². The number of nitrogens with zero attached hydrogens (tertiary/aromatic N) is 1. The third-order valence-electron chi connectivity index (χ3n) is 3.42. The van der Waals surface area contributed by atoms with Gasteiger partial charge in [-0.05, 0) is 28.1 Å². The highest BCUT2D eigenvalue weighted by Gasteiger charge is 2.42. The number of fused-ring (bicyclic) bond motifs is 1. The number of hydrazone groups is 1. The molecule has 1 heterocycles. The summed E-state index contributed by atoms with van der Waals surface area (Å²) in [7, 11) is 0. The SMILES string of the molecule is Fc1c(F)c(C(F)(F)F)c(F)c(F)c1N/N=C\c1cc2c(cc1Br)OCO2. The normalized spacial score (nSPS) is 13.5. The van der Waals surface area contributed by atoms with E-state index in [0.29, 0.717) is 21.5 Å². The van der Waals surface area contributed by atoms with Crippen molar-refractivity contribution in [1.82, 2.24) is 0 Å².